The number of hydrazine groups is 1. The summed E-state index contributed by atoms with van der Waals surface area (Å²) in [5.41, 5.74) is 3.92. The van der Waals surface area contributed by atoms with Crippen molar-refractivity contribution < 1.29 is 23.9 Å². The summed E-state index contributed by atoms with van der Waals surface area (Å²) in [6.45, 7) is 0.0493. The molecule has 1 atom stereocenters. The molecule has 154 valence electrons. The lowest BCUT2D eigenvalue weighted by Gasteiger charge is -2.27. The van der Waals surface area contributed by atoms with E-state index in [1.807, 2.05) is 48.5 Å². The Kier molecular flexibility index (Phi) is 9.71. The number of nitrogens with one attached hydrogen (secondary N) is 1. The molecule has 7 nitrogen and oxygen atoms in total. The van der Waals surface area contributed by atoms with Gasteiger partial charge in [-0.3, -0.25) is 0 Å². The van der Waals surface area contributed by atoms with Gasteiger partial charge in [-0.2, -0.15) is 0 Å². The number of hydrogen-bond acceptors (Lipinski definition) is 5. The van der Waals surface area contributed by atoms with Crippen molar-refractivity contribution in [2.45, 2.75) is 32.1 Å². The molecular weight excluding hydrogens is 440 g/mol. The molecule has 2 amide bonds. The molecule has 0 aromatic heterocycles. The van der Waals surface area contributed by atoms with Crippen LogP contribution in [-0.2, 0) is 27.5 Å². The molecular formula is C21H23BrN2O5. The van der Waals surface area contributed by atoms with Gasteiger partial charge < -0.3 is 14.3 Å². The molecule has 2 rings (SSSR count). The lowest BCUT2D eigenvalue weighted by Crippen LogP contribution is -2.53. The number of hydrogen-bond donors (Lipinski definition) is 1. The summed E-state index contributed by atoms with van der Waals surface area (Å²) in [5.74, 6) is 0. The van der Waals surface area contributed by atoms with Gasteiger partial charge in [0.1, 0.15) is 25.5 Å². The highest BCUT2D eigenvalue weighted by Gasteiger charge is 2.27. The second kappa shape index (κ2) is 12.6. The van der Waals surface area contributed by atoms with Crippen LogP contribution >= 0.6 is 15.9 Å². The van der Waals surface area contributed by atoms with Crippen LogP contribution in [0.3, 0.4) is 0 Å². The minimum atomic E-state index is -0.875. The topological polar surface area (TPSA) is 84.9 Å². The van der Waals surface area contributed by atoms with E-state index in [0.29, 0.717) is 24.5 Å². The Morgan fingerprint density at radius 1 is 0.966 bits per heavy atom. The predicted octanol–water partition coefficient (Wildman–Crippen LogP) is 4.21. The van der Waals surface area contributed by atoms with Crippen molar-refractivity contribution in [2.75, 3.05) is 5.33 Å². The van der Waals surface area contributed by atoms with E-state index >= 15 is 0 Å². The molecule has 0 saturated carbocycles. The molecule has 0 radical (unpaired) electrons. The zero-order valence-corrected chi connectivity index (χ0v) is 17.4. The van der Waals surface area contributed by atoms with E-state index in [1.54, 1.807) is 12.1 Å². The normalized spacial score (nSPS) is 11.2. The lowest BCUT2D eigenvalue weighted by molar-refractivity contribution is -0.113. The number of amides is 2. The van der Waals surface area contributed by atoms with Crippen LogP contribution in [0.4, 0.5) is 9.59 Å². The van der Waals surface area contributed by atoms with Crippen LogP contribution in [0.1, 0.15) is 24.0 Å². The molecule has 0 spiro atoms. The number of alkyl halides is 1. The molecule has 0 saturated heterocycles. The summed E-state index contributed by atoms with van der Waals surface area (Å²) in [6, 6.07) is 17.4. The first kappa shape index (κ1) is 22.4. The smallest absolute Gasteiger partial charge is 0.429 e. The number of carbonyl (C=O) groups excluding carboxylic acids is 3. The van der Waals surface area contributed by atoms with E-state index < -0.39 is 18.2 Å². The molecule has 1 unspecified atom stereocenters. The standard InChI is InChI=1S/C21H23BrN2O5/c22-13-7-12-19(14-25)24(21(27)29-16-18-10-5-2-6-11-18)23-20(26)28-15-17-8-3-1-4-9-17/h1-6,8-11,14,19H,7,12-13,15-16H2,(H,23,26). The van der Waals surface area contributed by atoms with E-state index in [-0.39, 0.29) is 13.2 Å². The summed E-state index contributed by atoms with van der Waals surface area (Å²) < 4.78 is 10.4. The van der Waals surface area contributed by atoms with Gasteiger partial charge in [0.15, 0.2) is 0 Å². The zero-order valence-electron chi connectivity index (χ0n) is 15.8. The van der Waals surface area contributed by atoms with Gasteiger partial charge in [0, 0.05) is 5.33 Å². The van der Waals surface area contributed by atoms with Crippen molar-refractivity contribution >= 4 is 34.4 Å². The van der Waals surface area contributed by atoms with Crippen molar-refractivity contribution in [2.24, 2.45) is 0 Å². The molecule has 0 fully saturated rings. The molecule has 8 heteroatoms. The average molecular weight is 463 g/mol. The zero-order chi connectivity index (χ0) is 20.9. The van der Waals surface area contributed by atoms with Gasteiger partial charge in [-0.15, -0.1) is 0 Å². The van der Waals surface area contributed by atoms with E-state index in [1.165, 1.54) is 0 Å². The highest BCUT2D eigenvalue weighted by Crippen LogP contribution is 2.10. The maximum Gasteiger partial charge on any atom is 0.429 e. The number of halogens is 1. The Morgan fingerprint density at radius 3 is 2.03 bits per heavy atom. The fraction of sp³-hybridized carbons (Fsp3) is 0.286. The SMILES string of the molecule is O=CC(CCCBr)N(NC(=O)OCc1ccccc1)C(=O)OCc1ccccc1. The first-order valence-corrected chi connectivity index (χ1v) is 10.2. The number of carbonyl (C=O) groups is 3. The van der Waals surface area contributed by atoms with Crippen molar-refractivity contribution in [3.05, 3.63) is 71.8 Å². The van der Waals surface area contributed by atoms with Gasteiger partial charge in [-0.25, -0.2) is 20.0 Å². The first-order valence-electron chi connectivity index (χ1n) is 9.12. The molecule has 29 heavy (non-hydrogen) atoms. The summed E-state index contributed by atoms with van der Waals surface area (Å²) in [6.07, 6.45) is -0.0987. The molecule has 0 aliphatic rings. The Bertz CT molecular complexity index is 773. The van der Waals surface area contributed by atoms with Gasteiger partial charge >= 0.3 is 12.2 Å². The van der Waals surface area contributed by atoms with Crippen LogP contribution in [0.25, 0.3) is 0 Å². The third kappa shape index (κ3) is 7.95. The molecule has 0 bridgehead atoms. The van der Waals surface area contributed by atoms with Crippen LogP contribution in [-0.4, -0.2) is 34.9 Å². The predicted molar refractivity (Wildman–Crippen MR) is 111 cm³/mol. The Morgan fingerprint density at radius 2 is 1.52 bits per heavy atom. The van der Waals surface area contributed by atoms with Crippen molar-refractivity contribution in [1.82, 2.24) is 10.4 Å². The Labute approximate surface area is 178 Å². The number of rotatable bonds is 9. The van der Waals surface area contributed by atoms with Crippen molar-refractivity contribution in [3.8, 4) is 0 Å². The number of aldehydes is 1. The summed E-state index contributed by atoms with van der Waals surface area (Å²) in [7, 11) is 0. The number of nitrogens with zero attached hydrogens (tertiary/aromatic N) is 1. The summed E-state index contributed by atoms with van der Waals surface area (Å²) in [5, 5.41) is 1.54. The molecule has 2 aromatic rings. The molecule has 0 aliphatic heterocycles. The minimum Gasteiger partial charge on any atom is -0.443 e. The van der Waals surface area contributed by atoms with Crippen LogP contribution in [0.2, 0.25) is 0 Å². The highest BCUT2D eigenvalue weighted by atomic mass is 79.9. The van der Waals surface area contributed by atoms with E-state index in [2.05, 4.69) is 21.4 Å². The van der Waals surface area contributed by atoms with Gasteiger partial charge in [0.25, 0.3) is 0 Å². The maximum atomic E-state index is 12.6. The van der Waals surface area contributed by atoms with Gasteiger partial charge in [0.2, 0.25) is 0 Å². The third-order valence-electron chi connectivity index (χ3n) is 3.95. The largest absolute Gasteiger partial charge is 0.443 e. The second-order valence-electron chi connectivity index (χ2n) is 6.12. The number of ether oxygens (including phenoxy) is 2. The first-order chi connectivity index (χ1) is 14.1. The molecule has 2 aromatic carbocycles. The quantitative estimate of drug-likeness (QED) is 0.342. The Balaban J connectivity index is 1.99. The minimum absolute atomic E-state index is 0.0148. The van der Waals surface area contributed by atoms with Crippen LogP contribution < -0.4 is 5.43 Å². The summed E-state index contributed by atoms with van der Waals surface area (Å²) in [4.78, 5) is 36.3. The maximum absolute atomic E-state index is 12.6. The monoisotopic (exact) mass is 462 g/mol. The van der Waals surface area contributed by atoms with Crippen LogP contribution in [0, 0.1) is 0 Å². The Hall–Kier alpha value is -2.87. The summed E-state index contributed by atoms with van der Waals surface area (Å²) >= 11 is 3.29. The average Bonchev–Trinajstić information content (AvgIpc) is 2.77. The number of benzene rings is 2. The third-order valence-corrected chi connectivity index (χ3v) is 4.51. The molecule has 0 heterocycles. The fourth-order valence-electron chi connectivity index (χ4n) is 2.45. The second-order valence-corrected chi connectivity index (χ2v) is 6.91. The van der Waals surface area contributed by atoms with Gasteiger partial charge in [-0.05, 0) is 24.0 Å². The molecule has 1 N–H and O–H groups in total. The highest BCUT2D eigenvalue weighted by molar-refractivity contribution is 9.09. The van der Waals surface area contributed by atoms with E-state index in [0.717, 1.165) is 16.1 Å². The van der Waals surface area contributed by atoms with E-state index in [9.17, 15) is 14.4 Å². The molecule has 0 aliphatic carbocycles. The fourth-order valence-corrected chi connectivity index (χ4v) is 2.77. The van der Waals surface area contributed by atoms with Crippen LogP contribution in [0.15, 0.2) is 60.7 Å². The van der Waals surface area contributed by atoms with Gasteiger partial charge in [-0.1, -0.05) is 76.6 Å². The van der Waals surface area contributed by atoms with Crippen LogP contribution in [0.5, 0.6) is 0 Å². The van der Waals surface area contributed by atoms with E-state index in [4.69, 9.17) is 9.47 Å². The van der Waals surface area contributed by atoms with Gasteiger partial charge in [0.05, 0.1) is 0 Å². The lowest BCUT2D eigenvalue weighted by atomic mass is 10.2. The van der Waals surface area contributed by atoms with Crippen molar-refractivity contribution in [1.29, 1.82) is 0 Å². The van der Waals surface area contributed by atoms with Crippen molar-refractivity contribution in [3.63, 3.8) is 0 Å².